The fraction of sp³-hybridized carbons (Fsp3) is 0.556. The number of methoxy groups -OCH3 is 1. The molecule has 0 unspecified atom stereocenters. The number of hydrogen-bond acceptors (Lipinski definition) is 4. The lowest BCUT2D eigenvalue weighted by Gasteiger charge is -2.30. The van der Waals surface area contributed by atoms with Crippen molar-refractivity contribution in [2.45, 2.75) is 26.2 Å². The van der Waals surface area contributed by atoms with Gasteiger partial charge in [0, 0.05) is 12.5 Å². The first-order chi connectivity index (χ1) is 11.6. The van der Waals surface area contributed by atoms with E-state index in [1.54, 1.807) is 7.11 Å². The number of amides is 2. The second-order valence-electron chi connectivity index (χ2n) is 6.09. The van der Waals surface area contributed by atoms with E-state index in [1.165, 1.54) is 0 Å². The molecule has 2 N–H and O–H groups in total. The maximum absolute atomic E-state index is 12.4. The van der Waals surface area contributed by atoms with Gasteiger partial charge in [0.2, 0.25) is 11.8 Å². The Morgan fingerprint density at radius 3 is 2.62 bits per heavy atom. The third kappa shape index (κ3) is 5.23. The molecule has 0 bridgehead atoms. The number of nitrogens with zero attached hydrogens (tertiary/aromatic N) is 1. The summed E-state index contributed by atoms with van der Waals surface area (Å²) in [4.78, 5) is 26.3. The van der Waals surface area contributed by atoms with Crippen molar-refractivity contribution in [2.24, 2.45) is 5.92 Å². The van der Waals surface area contributed by atoms with Crippen LogP contribution in [0.3, 0.4) is 0 Å². The molecule has 24 heavy (non-hydrogen) atoms. The topological polar surface area (TPSA) is 70.7 Å². The van der Waals surface area contributed by atoms with Crippen molar-refractivity contribution < 1.29 is 14.3 Å². The lowest BCUT2D eigenvalue weighted by molar-refractivity contribution is -0.123. The van der Waals surface area contributed by atoms with Crippen LogP contribution < -0.4 is 15.4 Å². The van der Waals surface area contributed by atoms with E-state index in [2.05, 4.69) is 15.5 Å². The van der Waals surface area contributed by atoms with Crippen molar-refractivity contribution in [1.29, 1.82) is 0 Å². The second-order valence-corrected chi connectivity index (χ2v) is 6.09. The van der Waals surface area contributed by atoms with Gasteiger partial charge in [-0.2, -0.15) is 0 Å². The molecule has 0 spiro atoms. The highest BCUT2D eigenvalue weighted by atomic mass is 16.5. The van der Waals surface area contributed by atoms with E-state index in [0.29, 0.717) is 18.0 Å². The number of hydrogen-bond donors (Lipinski definition) is 2. The highest BCUT2D eigenvalue weighted by Crippen LogP contribution is 2.25. The van der Waals surface area contributed by atoms with E-state index in [-0.39, 0.29) is 17.7 Å². The number of anilines is 1. The minimum atomic E-state index is -0.0233. The molecule has 1 heterocycles. The van der Waals surface area contributed by atoms with Gasteiger partial charge in [0.1, 0.15) is 5.75 Å². The Balaban J connectivity index is 1.79. The number of carbonyl (C=O) groups excluding carboxylic acids is 2. The summed E-state index contributed by atoms with van der Waals surface area (Å²) in [5.41, 5.74) is 0.700. The molecule has 1 aromatic rings. The number of nitrogens with one attached hydrogen (secondary N) is 2. The Kier molecular flexibility index (Phi) is 7.06. The van der Waals surface area contributed by atoms with E-state index in [1.807, 2.05) is 31.2 Å². The lowest BCUT2D eigenvalue weighted by Crippen LogP contribution is -2.43. The van der Waals surface area contributed by atoms with Gasteiger partial charge in [-0.05, 0) is 44.5 Å². The SMILES string of the molecule is CCCNC(=O)CN1CCC(C(=O)Nc2ccccc2OC)CC1. The van der Waals surface area contributed by atoms with E-state index in [9.17, 15) is 9.59 Å². The Labute approximate surface area is 143 Å². The highest BCUT2D eigenvalue weighted by molar-refractivity contribution is 5.94. The van der Waals surface area contributed by atoms with Crippen molar-refractivity contribution in [3.63, 3.8) is 0 Å². The Morgan fingerprint density at radius 1 is 1.25 bits per heavy atom. The normalized spacial score (nSPS) is 15.8. The predicted molar refractivity (Wildman–Crippen MR) is 94.1 cm³/mol. The van der Waals surface area contributed by atoms with Crippen LogP contribution in [0.1, 0.15) is 26.2 Å². The molecule has 0 aromatic heterocycles. The summed E-state index contributed by atoms with van der Waals surface area (Å²) in [7, 11) is 1.59. The Hall–Kier alpha value is -2.08. The number of likely N-dealkylation sites (tertiary alicyclic amines) is 1. The maximum Gasteiger partial charge on any atom is 0.234 e. The quantitative estimate of drug-likeness (QED) is 0.799. The molecule has 0 saturated carbocycles. The molecule has 1 fully saturated rings. The van der Waals surface area contributed by atoms with Gasteiger partial charge in [0.15, 0.2) is 0 Å². The number of benzene rings is 1. The van der Waals surface area contributed by atoms with Crippen molar-refractivity contribution in [3.05, 3.63) is 24.3 Å². The lowest BCUT2D eigenvalue weighted by atomic mass is 9.95. The van der Waals surface area contributed by atoms with Crippen LogP contribution in [0.4, 0.5) is 5.69 Å². The molecule has 6 nitrogen and oxygen atoms in total. The molecular formula is C18H27N3O3. The summed E-state index contributed by atoms with van der Waals surface area (Å²) in [6.07, 6.45) is 2.47. The van der Waals surface area contributed by atoms with Crippen LogP contribution in [0.2, 0.25) is 0 Å². The zero-order valence-electron chi connectivity index (χ0n) is 14.5. The first-order valence-electron chi connectivity index (χ1n) is 8.57. The van der Waals surface area contributed by atoms with Crippen LogP contribution in [-0.2, 0) is 9.59 Å². The summed E-state index contributed by atoms with van der Waals surface area (Å²) >= 11 is 0. The number of carbonyl (C=O) groups is 2. The molecule has 0 atom stereocenters. The summed E-state index contributed by atoms with van der Waals surface area (Å²) < 4.78 is 5.26. The second kappa shape index (κ2) is 9.27. The molecule has 1 aliphatic rings. The van der Waals surface area contributed by atoms with Crippen LogP contribution in [0.5, 0.6) is 5.75 Å². The van der Waals surface area contributed by atoms with Crippen LogP contribution >= 0.6 is 0 Å². The van der Waals surface area contributed by atoms with E-state index in [0.717, 1.165) is 38.9 Å². The van der Waals surface area contributed by atoms with Gasteiger partial charge in [-0.15, -0.1) is 0 Å². The highest BCUT2D eigenvalue weighted by Gasteiger charge is 2.26. The summed E-state index contributed by atoms with van der Waals surface area (Å²) in [6.45, 7) is 4.71. The molecule has 6 heteroatoms. The first-order valence-corrected chi connectivity index (χ1v) is 8.57. The Morgan fingerprint density at radius 2 is 1.96 bits per heavy atom. The molecule has 1 saturated heterocycles. The number of piperidine rings is 1. The van der Waals surface area contributed by atoms with E-state index >= 15 is 0 Å². The van der Waals surface area contributed by atoms with Crippen molar-refractivity contribution in [3.8, 4) is 5.75 Å². The van der Waals surface area contributed by atoms with Gasteiger partial charge in [-0.1, -0.05) is 19.1 Å². The predicted octanol–water partition coefficient (Wildman–Crippen LogP) is 1.87. The summed E-state index contributed by atoms with van der Waals surface area (Å²) in [5.74, 6) is 0.726. The van der Waals surface area contributed by atoms with Gasteiger partial charge >= 0.3 is 0 Å². The first kappa shape index (κ1) is 18.3. The smallest absolute Gasteiger partial charge is 0.234 e. The summed E-state index contributed by atoms with van der Waals surface area (Å²) in [6, 6.07) is 7.41. The fourth-order valence-electron chi connectivity index (χ4n) is 2.86. The minimum absolute atomic E-state index is 0.0228. The summed E-state index contributed by atoms with van der Waals surface area (Å²) in [5, 5.41) is 5.84. The number of para-hydroxylation sites is 2. The van der Waals surface area contributed by atoms with Crippen LogP contribution in [-0.4, -0.2) is 50.0 Å². The van der Waals surface area contributed by atoms with Crippen molar-refractivity contribution in [2.75, 3.05) is 38.6 Å². The van der Waals surface area contributed by atoms with Crippen LogP contribution in [0.25, 0.3) is 0 Å². The minimum Gasteiger partial charge on any atom is -0.495 e. The van der Waals surface area contributed by atoms with E-state index in [4.69, 9.17) is 4.74 Å². The average Bonchev–Trinajstić information content (AvgIpc) is 2.61. The van der Waals surface area contributed by atoms with Crippen molar-refractivity contribution in [1.82, 2.24) is 10.2 Å². The van der Waals surface area contributed by atoms with Crippen molar-refractivity contribution >= 4 is 17.5 Å². The van der Waals surface area contributed by atoms with Gasteiger partial charge in [0.25, 0.3) is 0 Å². The molecule has 0 aliphatic carbocycles. The van der Waals surface area contributed by atoms with E-state index < -0.39 is 0 Å². The Bertz CT molecular complexity index is 554. The average molecular weight is 333 g/mol. The molecular weight excluding hydrogens is 306 g/mol. The van der Waals surface area contributed by atoms with Crippen LogP contribution in [0, 0.1) is 5.92 Å². The fourth-order valence-corrected chi connectivity index (χ4v) is 2.86. The third-order valence-corrected chi connectivity index (χ3v) is 4.26. The van der Waals surface area contributed by atoms with Gasteiger partial charge in [-0.3, -0.25) is 14.5 Å². The van der Waals surface area contributed by atoms with Gasteiger partial charge in [-0.25, -0.2) is 0 Å². The third-order valence-electron chi connectivity index (χ3n) is 4.26. The molecule has 132 valence electrons. The largest absolute Gasteiger partial charge is 0.495 e. The maximum atomic E-state index is 12.4. The molecule has 2 rings (SSSR count). The number of rotatable bonds is 7. The standard InChI is InChI=1S/C18H27N3O3/c1-3-10-19-17(22)13-21-11-8-14(9-12-21)18(23)20-15-6-4-5-7-16(15)24-2/h4-7,14H,3,8-13H2,1-2H3,(H,19,22)(H,20,23). The molecule has 2 amide bonds. The molecule has 0 radical (unpaired) electrons. The zero-order chi connectivity index (χ0) is 17.4. The van der Waals surface area contributed by atoms with Gasteiger partial charge < -0.3 is 15.4 Å². The zero-order valence-corrected chi connectivity index (χ0v) is 14.5. The monoisotopic (exact) mass is 333 g/mol. The number of ether oxygens (including phenoxy) is 1. The molecule has 1 aliphatic heterocycles. The molecule has 1 aromatic carbocycles. The van der Waals surface area contributed by atoms with Gasteiger partial charge in [0.05, 0.1) is 19.3 Å². The van der Waals surface area contributed by atoms with Crippen LogP contribution in [0.15, 0.2) is 24.3 Å².